The lowest BCUT2D eigenvalue weighted by molar-refractivity contribution is -0.119. The second-order valence-corrected chi connectivity index (χ2v) is 15.0. The molecule has 0 aliphatic carbocycles. The molecule has 0 bridgehead atoms. The predicted octanol–water partition coefficient (Wildman–Crippen LogP) is 1.83. The van der Waals surface area contributed by atoms with Gasteiger partial charge < -0.3 is 43.4 Å². The van der Waals surface area contributed by atoms with Gasteiger partial charge in [0.25, 0.3) is 5.56 Å². The fraction of sp³-hybridized carbons (Fsp3) is 0.667. The number of nitrogens with zero attached hydrogens (tertiary/aromatic N) is 8. The molecule has 2 saturated heterocycles. The van der Waals surface area contributed by atoms with Crippen LogP contribution >= 0.6 is 0 Å². The molecular formula is C39H57N11O12. The molecule has 4 aromatic heterocycles. The summed E-state index contributed by atoms with van der Waals surface area (Å²) in [6.45, 7) is 12.2. The highest BCUT2D eigenvalue weighted by atomic mass is 16.6. The van der Waals surface area contributed by atoms with Crippen LogP contribution in [0.25, 0.3) is 22.3 Å². The van der Waals surface area contributed by atoms with Gasteiger partial charge >= 0.3 is 0 Å². The van der Waals surface area contributed by atoms with Crippen LogP contribution in [0.15, 0.2) is 17.4 Å². The number of aromatic nitrogens is 8. The minimum atomic E-state index is -0.860. The van der Waals surface area contributed by atoms with Gasteiger partial charge in [-0.25, -0.2) is 9.97 Å². The van der Waals surface area contributed by atoms with E-state index in [1.54, 1.807) is 51.0 Å². The average Bonchev–Trinajstić information content (AvgIpc) is 4.02. The van der Waals surface area contributed by atoms with Crippen molar-refractivity contribution in [1.29, 1.82) is 5.26 Å². The van der Waals surface area contributed by atoms with E-state index < -0.39 is 54.6 Å². The fourth-order valence-electron chi connectivity index (χ4n) is 6.57. The molecule has 8 atom stereocenters. The van der Waals surface area contributed by atoms with Crippen molar-refractivity contribution in [3.63, 3.8) is 0 Å². The number of aliphatic hydroxyl groups is 2. The molecule has 2 fully saturated rings. The number of rotatable bonds is 19. The van der Waals surface area contributed by atoms with E-state index in [0.717, 1.165) is 0 Å². The largest absolute Gasteiger partial charge is 0.475 e. The number of methoxy groups -OCH3 is 2. The van der Waals surface area contributed by atoms with Gasteiger partial charge in [0.1, 0.15) is 31.0 Å². The molecule has 0 spiro atoms. The number of imidazole rings is 2. The number of carbonyl (C=O) groups excluding carboxylic acids is 2. The van der Waals surface area contributed by atoms with E-state index in [1.807, 2.05) is 19.9 Å². The van der Waals surface area contributed by atoms with E-state index in [0.29, 0.717) is 37.2 Å². The number of fused-ring (bicyclic) bond motifs is 2. The van der Waals surface area contributed by atoms with Gasteiger partial charge in [0.05, 0.1) is 63.8 Å². The SMILES string of the molecule is CC[C@H]1O[C@@H](n2cnc3c(=O)[nH]c(NC(=O)C(C)C)nc32)C(OCCOC)[C@H]1O.CC[C@H]1O[C@@H](n2cnc3c(OCCC#N)nc(NC(=O)C(C)C)nc32)C(OCCOC)[C@H]1O. The normalized spacial score (nSPS) is 23.5. The molecule has 2 aliphatic heterocycles. The van der Waals surface area contributed by atoms with Crippen LogP contribution in [-0.4, -0.2) is 145 Å². The number of aromatic amines is 1. The molecule has 0 radical (unpaired) electrons. The number of hydrogen-bond acceptors (Lipinski definition) is 18. The van der Waals surface area contributed by atoms with Crippen molar-refractivity contribution in [3.05, 3.63) is 23.0 Å². The molecule has 23 nitrogen and oxygen atoms in total. The number of anilines is 2. The van der Waals surface area contributed by atoms with Gasteiger partial charge in [0, 0.05) is 26.1 Å². The zero-order valence-electron chi connectivity index (χ0n) is 36.1. The molecule has 5 N–H and O–H groups in total. The van der Waals surface area contributed by atoms with Crippen molar-refractivity contribution < 1.29 is 53.0 Å². The van der Waals surface area contributed by atoms with E-state index in [9.17, 15) is 24.6 Å². The number of nitriles is 1. The fourth-order valence-corrected chi connectivity index (χ4v) is 6.57. The Kier molecular flexibility index (Phi) is 17.2. The van der Waals surface area contributed by atoms with E-state index in [2.05, 4.69) is 40.5 Å². The first-order chi connectivity index (χ1) is 29.8. The molecule has 0 aromatic carbocycles. The van der Waals surface area contributed by atoms with Crippen LogP contribution < -0.4 is 20.9 Å². The number of ether oxygens (including phenoxy) is 7. The monoisotopic (exact) mass is 871 g/mol. The van der Waals surface area contributed by atoms with Gasteiger partial charge in [0.15, 0.2) is 34.8 Å². The lowest BCUT2D eigenvalue weighted by atomic mass is 10.1. The Morgan fingerprint density at radius 2 is 1.32 bits per heavy atom. The highest BCUT2D eigenvalue weighted by Gasteiger charge is 2.46. The Hall–Kier alpha value is -5.19. The Labute approximate surface area is 357 Å². The minimum absolute atomic E-state index is 0.0189. The number of carbonyl (C=O) groups is 2. The summed E-state index contributed by atoms with van der Waals surface area (Å²) in [5, 5.41) is 35.4. The van der Waals surface area contributed by atoms with Gasteiger partial charge in [-0.15, -0.1) is 0 Å². The van der Waals surface area contributed by atoms with E-state index in [-0.39, 0.29) is 78.8 Å². The number of hydrogen-bond donors (Lipinski definition) is 5. The lowest BCUT2D eigenvalue weighted by Gasteiger charge is -2.22. The third kappa shape index (κ3) is 11.1. The molecule has 6 rings (SSSR count). The first kappa shape index (κ1) is 47.9. The molecule has 62 heavy (non-hydrogen) atoms. The second-order valence-electron chi connectivity index (χ2n) is 15.0. The third-order valence-corrected chi connectivity index (χ3v) is 9.97. The Morgan fingerprint density at radius 3 is 1.82 bits per heavy atom. The quantitative estimate of drug-likeness (QED) is 0.0840. The zero-order chi connectivity index (χ0) is 45.1. The maximum absolute atomic E-state index is 12.4. The van der Waals surface area contributed by atoms with Crippen molar-refractivity contribution in [2.45, 2.75) is 110 Å². The Morgan fingerprint density at radius 1 is 0.806 bits per heavy atom. The summed E-state index contributed by atoms with van der Waals surface area (Å²) < 4.78 is 42.6. The molecular weight excluding hydrogens is 814 g/mol. The summed E-state index contributed by atoms with van der Waals surface area (Å²) in [7, 11) is 3.13. The summed E-state index contributed by atoms with van der Waals surface area (Å²) >= 11 is 0. The maximum atomic E-state index is 12.4. The van der Waals surface area contributed by atoms with Crippen LogP contribution in [-0.2, 0) is 38.0 Å². The average molecular weight is 872 g/mol. The Bertz CT molecular complexity index is 2210. The maximum Gasteiger partial charge on any atom is 0.280 e. The van der Waals surface area contributed by atoms with Crippen molar-refractivity contribution in [3.8, 4) is 11.9 Å². The highest BCUT2D eigenvalue weighted by molar-refractivity contribution is 5.92. The number of nitrogens with one attached hydrogen (secondary N) is 3. The number of aliphatic hydroxyl groups excluding tert-OH is 2. The smallest absolute Gasteiger partial charge is 0.280 e. The zero-order valence-corrected chi connectivity index (χ0v) is 36.1. The standard InChI is InChI=1S/C21H30N6O6.C18H27N5O6/c1-5-13-15(28)16(31-10-9-30-4)20(33-13)27-11-23-14-17(27)24-21(25-18(29)12(2)3)26-19(14)32-8-6-7-22;1-5-10-12(24)13(28-7-6-27-4)17(29-10)23-8-19-11-14(23)20-18(22-16(11)26)21-15(25)9(2)3/h11-13,15-16,20,28H,5-6,8-10H2,1-4H3,(H,24,25,26,29);8-10,12-13,17,24H,5-7H2,1-4H3,(H2,20,21,22,25,26)/t13-,15+,16?,20-;10-,12+,13?,17-/m11/s1. The molecule has 0 saturated carbocycles. The van der Waals surface area contributed by atoms with Crippen molar-refractivity contribution in [1.82, 2.24) is 39.0 Å². The van der Waals surface area contributed by atoms with Crippen LogP contribution in [0.2, 0.25) is 0 Å². The number of H-pyrrole nitrogens is 1. The summed E-state index contributed by atoms with van der Waals surface area (Å²) in [4.78, 5) is 60.7. The molecule has 6 heterocycles. The van der Waals surface area contributed by atoms with Gasteiger partial charge in [0.2, 0.25) is 29.6 Å². The van der Waals surface area contributed by atoms with Crippen LogP contribution in [0.1, 0.15) is 73.3 Å². The van der Waals surface area contributed by atoms with Gasteiger partial charge in [-0.3, -0.25) is 39.1 Å². The van der Waals surface area contributed by atoms with Crippen LogP contribution in [0.5, 0.6) is 5.88 Å². The highest BCUT2D eigenvalue weighted by Crippen LogP contribution is 2.37. The molecule has 2 amide bonds. The van der Waals surface area contributed by atoms with Crippen molar-refractivity contribution in [2.75, 3.05) is 57.9 Å². The van der Waals surface area contributed by atoms with Gasteiger partial charge in [-0.2, -0.15) is 20.2 Å². The summed E-state index contributed by atoms with van der Waals surface area (Å²) in [6.07, 6.45) is -1.18. The number of amides is 2. The van der Waals surface area contributed by atoms with Crippen LogP contribution in [0, 0.1) is 23.2 Å². The molecule has 23 heteroatoms. The minimum Gasteiger partial charge on any atom is -0.475 e. The summed E-state index contributed by atoms with van der Waals surface area (Å²) in [5.74, 6) is -0.911. The first-order valence-corrected chi connectivity index (χ1v) is 20.5. The predicted molar refractivity (Wildman–Crippen MR) is 220 cm³/mol. The van der Waals surface area contributed by atoms with E-state index in [1.165, 1.54) is 12.7 Å². The molecule has 4 aromatic rings. The summed E-state index contributed by atoms with van der Waals surface area (Å²) in [5.41, 5.74) is 0.507. The van der Waals surface area contributed by atoms with Crippen LogP contribution in [0.4, 0.5) is 11.9 Å². The van der Waals surface area contributed by atoms with Crippen molar-refractivity contribution >= 4 is 46.0 Å². The molecule has 2 aliphatic rings. The van der Waals surface area contributed by atoms with E-state index in [4.69, 9.17) is 38.4 Å². The lowest BCUT2D eigenvalue weighted by Crippen LogP contribution is -2.35. The van der Waals surface area contributed by atoms with E-state index >= 15 is 0 Å². The van der Waals surface area contributed by atoms with Crippen molar-refractivity contribution in [2.24, 2.45) is 11.8 Å². The molecule has 2 unspecified atom stereocenters. The first-order valence-electron chi connectivity index (χ1n) is 20.5. The van der Waals surface area contributed by atoms with Crippen LogP contribution in [0.3, 0.4) is 0 Å². The second kappa shape index (κ2) is 22.2. The molecule has 340 valence electrons. The van der Waals surface area contributed by atoms with Gasteiger partial charge in [-0.05, 0) is 12.8 Å². The van der Waals surface area contributed by atoms with Gasteiger partial charge in [-0.1, -0.05) is 41.5 Å². The topological polar surface area (TPSA) is 294 Å². The Balaban J connectivity index is 0.000000236. The third-order valence-electron chi connectivity index (χ3n) is 9.97. The summed E-state index contributed by atoms with van der Waals surface area (Å²) in [6, 6.07) is 2.01.